The highest BCUT2D eigenvalue weighted by Gasteiger charge is 2.21. The molecule has 3 aromatic carbocycles. The first-order chi connectivity index (χ1) is 11.6. The van der Waals surface area contributed by atoms with Crippen LogP contribution >= 0.6 is 0 Å². The predicted molar refractivity (Wildman–Crippen MR) is 99.1 cm³/mol. The number of nitrogens with two attached hydrogens (primary N) is 2. The number of hydrogen-bond donors (Lipinski definition) is 2. The van der Waals surface area contributed by atoms with Gasteiger partial charge in [-0.3, -0.25) is 0 Å². The van der Waals surface area contributed by atoms with Crippen molar-refractivity contribution in [3.8, 4) is 5.69 Å². The van der Waals surface area contributed by atoms with E-state index in [9.17, 15) is 0 Å². The molecule has 0 unspecified atom stereocenters. The quantitative estimate of drug-likeness (QED) is 0.321. The molecule has 0 aliphatic heterocycles. The van der Waals surface area contributed by atoms with Gasteiger partial charge in [-0.2, -0.15) is 0 Å². The highest BCUT2D eigenvalue weighted by Crippen LogP contribution is 2.25. The number of rotatable bonds is 1. The molecule has 0 bridgehead atoms. The van der Waals surface area contributed by atoms with Crippen molar-refractivity contribution in [2.24, 2.45) is 0 Å². The van der Waals surface area contributed by atoms with Gasteiger partial charge in [0, 0.05) is 41.2 Å². The Hall–Kier alpha value is -3.14. The van der Waals surface area contributed by atoms with Crippen molar-refractivity contribution in [1.29, 1.82) is 0 Å². The molecule has 0 aliphatic rings. The number of para-hydroxylation sites is 1. The van der Waals surface area contributed by atoms with Crippen molar-refractivity contribution in [3.63, 3.8) is 0 Å². The van der Waals surface area contributed by atoms with Crippen LogP contribution in [0.1, 0.15) is 11.1 Å². The van der Waals surface area contributed by atoms with Gasteiger partial charge in [0.2, 0.25) is 16.7 Å². The van der Waals surface area contributed by atoms with Crippen LogP contribution in [0.3, 0.4) is 0 Å². The lowest BCUT2D eigenvalue weighted by Gasteiger charge is -2.09. The molecule has 4 N–H and O–H groups in total. The van der Waals surface area contributed by atoms with Crippen LogP contribution in [0, 0.1) is 13.8 Å². The number of aryl methyl sites for hydroxylation is 2. The van der Waals surface area contributed by atoms with Gasteiger partial charge < -0.3 is 11.5 Å². The summed E-state index contributed by atoms with van der Waals surface area (Å²) >= 11 is 0. The SMILES string of the molecule is Cc1cc2nc3c(C)c(N)ccc3[n+](-c3ccccc3)c2cc1N. The van der Waals surface area contributed by atoms with Gasteiger partial charge in [-0.25, -0.2) is 4.98 Å². The molecule has 4 heteroatoms. The van der Waals surface area contributed by atoms with Crippen LogP contribution in [-0.2, 0) is 0 Å². The molecule has 1 heterocycles. The number of nitrogens with zero attached hydrogens (tertiary/aromatic N) is 2. The molecule has 0 atom stereocenters. The molecule has 0 spiro atoms. The van der Waals surface area contributed by atoms with Crippen LogP contribution < -0.4 is 16.0 Å². The number of benzene rings is 3. The van der Waals surface area contributed by atoms with E-state index in [1.807, 2.05) is 56.3 Å². The Morgan fingerprint density at radius 3 is 2.33 bits per heavy atom. The number of fused-ring (bicyclic) bond motifs is 2. The van der Waals surface area contributed by atoms with Gasteiger partial charge in [-0.05, 0) is 31.5 Å². The molecule has 0 amide bonds. The summed E-state index contributed by atoms with van der Waals surface area (Å²) in [7, 11) is 0. The van der Waals surface area contributed by atoms with E-state index in [1.54, 1.807) is 0 Å². The van der Waals surface area contributed by atoms with Crippen LogP contribution in [-0.4, -0.2) is 4.98 Å². The highest BCUT2D eigenvalue weighted by atomic mass is 15.0. The van der Waals surface area contributed by atoms with Crippen molar-refractivity contribution >= 4 is 33.4 Å². The fraction of sp³-hybridized carbons (Fsp3) is 0.100. The Labute approximate surface area is 140 Å². The van der Waals surface area contributed by atoms with E-state index < -0.39 is 0 Å². The van der Waals surface area contributed by atoms with Crippen LogP contribution in [0.15, 0.2) is 54.6 Å². The van der Waals surface area contributed by atoms with E-state index in [0.29, 0.717) is 0 Å². The first-order valence-corrected chi connectivity index (χ1v) is 7.92. The molecular formula is C20H19N4+. The fourth-order valence-electron chi connectivity index (χ4n) is 3.09. The number of nitrogen functional groups attached to an aromatic ring is 2. The molecule has 4 rings (SSSR count). The minimum atomic E-state index is 0.751. The average Bonchev–Trinajstić information content (AvgIpc) is 2.59. The normalized spacial score (nSPS) is 11.2. The number of aromatic nitrogens is 2. The Morgan fingerprint density at radius 1 is 0.833 bits per heavy atom. The highest BCUT2D eigenvalue weighted by molar-refractivity contribution is 5.88. The Balaban J connectivity index is 2.27. The third-order valence-electron chi connectivity index (χ3n) is 4.54. The summed E-state index contributed by atoms with van der Waals surface area (Å²) in [5, 5.41) is 0. The maximum Gasteiger partial charge on any atom is 0.239 e. The van der Waals surface area contributed by atoms with Crippen LogP contribution in [0.5, 0.6) is 0 Å². The van der Waals surface area contributed by atoms with Gasteiger partial charge in [-0.1, -0.05) is 18.2 Å². The van der Waals surface area contributed by atoms with E-state index in [4.69, 9.17) is 16.5 Å². The molecule has 1 aromatic heterocycles. The molecule has 0 aliphatic carbocycles. The third-order valence-corrected chi connectivity index (χ3v) is 4.54. The van der Waals surface area contributed by atoms with Crippen molar-refractivity contribution in [3.05, 3.63) is 65.7 Å². The van der Waals surface area contributed by atoms with E-state index in [-0.39, 0.29) is 0 Å². The summed E-state index contributed by atoms with van der Waals surface area (Å²) in [6, 6.07) is 18.2. The molecular weight excluding hydrogens is 296 g/mol. The summed E-state index contributed by atoms with van der Waals surface area (Å²) in [5.74, 6) is 0. The second-order valence-corrected chi connectivity index (χ2v) is 6.13. The van der Waals surface area contributed by atoms with Gasteiger partial charge >= 0.3 is 0 Å². The van der Waals surface area contributed by atoms with Crippen molar-refractivity contribution < 1.29 is 4.57 Å². The van der Waals surface area contributed by atoms with E-state index >= 15 is 0 Å². The summed E-state index contributed by atoms with van der Waals surface area (Å²) in [5.41, 5.74) is 20.7. The molecule has 0 fully saturated rings. The lowest BCUT2D eigenvalue weighted by Crippen LogP contribution is -2.33. The van der Waals surface area contributed by atoms with Gasteiger partial charge in [0.15, 0.2) is 0 Å². The van der Waals surface area contributed by atoms with Gasteiger partial charge in [-0.15, -0.1) is 4.57 Å². The topological polar surface area (TPSA) is 68.8 Å². The summed E-state index contributed by atoms with van der Waals surface area (Å²) in [6.07, 6.45) is 0. The first-order valence-electron chi connectivity index (χ1n) is 7.92. The molecule has 0 saturated carbocycles. The Morgan fingerprint density at radius 2 is 1.58 bits per heavy atom. The monoisotopic (exact) mass is 315 g/mol. The van der Waals surface area contributed by atoms with Crippen LogP contribution in [0.25, 0.3) is 27.8 Å². The zero-order valence-electron chi connectivity index (χ0n) is 13.7. The number of anilines is 2. The van der Waals surface area contributed by atoms with E-state index in [0.717, 1.165) is 50.3 Å². The number of hydrogen-bond acceptors (Lipinski definition) is 3. The van der Waals surface area contributed by atoms with Gasteiger partial charge in [0.05, 0.1) is 0 Å². The van der Waals surface area contributed by atoms with E-state index in [1.165, 1.54) is 0 Å². The maximum absolute atomic E-state index is 6.17. The second kappa shape index (κ2) is 5.20. The van der Waals surface area contributed by atoms with Gasteiger partial charge in [0.25, 0.3) is 0 Å². The van der Waals surface area contributed by atoms with Gasteiger partial charge in [0.1, 0.15) is 11.0 Å². The standard InChI is InChI=1S/C20H18N4/c1-12-10-17-19(11-16(12)22)24(14-6-4-3-5-7-14)18-9-8-15(21)13(2)20(18)23-17/h3-11,22H,21H2,1-2H3/p+1. The van der Waals surface area contributed by atoms with Crippen LogP contribution in [0.4, 0.5) is 11.4 Å². The molecule has 24 heavy (non-hydrogen) atoms. The largest absolute Gasteiger partial charge is 0.398 e. The molecule has 4 aromatic rings. The van der Waals surface area contributed by atoms with Crippen LogP contribution in [0.2, 0.25) is 0 Å². The predicted octanol–water partition coefficient (Wildman–Crippen LogP) is 3.45. The smallest absolute Gasteiger partial charge is 0.239 e. The lowest BCUT2D eigenvalue weighted by atomic mass is 10.1. The second-order valence-electron chi connectivity index (χ2n) is 6.13. The minimum absolute atomic E-state index is 0.751. The summed E-state index contributed by atoms with van der Waals surface area (Å²) in [6.45, 7) is 4.01. The zero-order chi connectivity index (χ0) is 16.8. The van der Waals surface area contributed by atoms with Crippen molar-refractivity contribution in [1.82, 2.24) is 4.98 Å². The molecule has 4 nitrogen and oxygen atoms in total. The van der Waals surface area contributed by atoms with E-state index in [2.05, 4.69) is 16.7 Å². The first kappa shape index (κ1) is 14.5. The lowest BCUT2D eigenvalue weighted by molar-refractivity contribution is -0.538. The summed E-state index contributed by atoms with van der Waals surface area (Å²) in [4.78, 5) is 4.87. The summed E-state index contributed by atoms with van der Waals surface area (Å²) < 4.78 is 2.19. The molecule has 118 valence electrons. The third kappa shape index (κ3) is 2.07. The van der Waals surface area contributed by atoms with Crippen molar-refractivity contribution in [2.75, 3.05) is 11.5 Å². The molecule has 0 radical (unpaired) electrons. The van der Waals surface area contributed by atoms with Crippen molar-refractivity contribution in [2.45, 2.75) is 13.8 Å². The fourth-order valence-corrected chi connectivity index (χ4v) is 3.09. The maximum atomic E-state index is 6.17. The zero-order valence-corrected chi connectivity index (χ0v) is 13.7. The molecule has 0 saturated heterocycles. The Kier molecular flexibility index (Phi) is 3.13. The average molecular weight is 315 g/mol. The minimum Gasteiger partial charge on any atom is -0.398 e. The Bertz CT molecular complexity index is 1080.